The number of amides is 2. The molecule has 0 aliphatic heterocycles. The van der Waals surface area contributed by atoms with Crippen LogP contribution in [-0.4, -0.2) is 49.7 Å². The van der Waals surface area contributed by atoms with Crippen molar-refractivity contribution in [1.29, 1.82) is 0 Å². The summed E-state index contributed by atoms with van der Waals surface area (Å²) in [5.74, 6) is -1.13. The topological polar surface area (TPSA) is 150 Å². The lowest BCUT2D eigenvalue weighted by molar-refractivity contribution is -0.148. The number of carboxylic acid groups (broad SMARTS) is 1. The van der Waals surface area contributed by atoms with Gasteiger partial charge in [0.1, 0.15) is 11.2 Å². The Bertz CT molecular complexity index is 1250. The zero-order valence-electron chi connectivity index (χ0n) is 18.6. The Balaban J connectivity index is 1.30. The molecule has 1 atom stereocenters. The maximum absolute atomic E-state index is 12.5. The number of H-pyrrole nitrogens is 1. The highest BCUT2D eigenvalue weighted by Gasteiger charge is 2.46. The van der Waals surface area contributed by atoms with Crippen LogP contribution < -0.4 is 10.6 Å². The van der Waals surface area contributed by atoms with Crippen molar-refractivity contribution in [2.24, 2.45) is 5.92 Å². The van der Waals surface area contributed by atoms with Crippen molar-refractivity contribution in [3.05, 3.63) is 48.0 Å². The molecule has 2 aliphatic carbocycles. The molecule has 10 nitrogen and oxygen atoms in total. The number of nitrogens with one attached hydrogen (secondary N) is 3. The van der Waals surface area contributed by atoms with E-state index >= 15 is 0 Å². The van der Waals surface area contributed by atoms with E-state index in [0.29, 0.717) is 35.7 Å². The number of aromatic amines is 1. The molecule has 4 N–H and O–H groups in total. The first-order chi connectivity index (χ1) is 16.3. The summed E-state index contributed by atoms with van der Waals surface area (Å²) in [7, 11) is 0. The highest BCUT2D eigenvalue weighted by Crippen LogP contribution is 2.33. The molecule has 3 aromatic rings. The van der Waals surface area contributed by atoms with Crippen molar-refractivity contribution in [1.82, 2.24) is 25.8 Å². The van der Waals surface area contributed by atoms with E-state index in [1.54, 1.807) is 24.3 Å². The first-order valence-corrected chi connectivity index (χ1v) is 11.3. The number of aromatic nitrogens is 3. The zero-order chi connectivity index (χ0) is 23.9. The van der Waals surface area contributed by atoms with E-state index in [0.717, 1.165) is 24.8 Å². The van der Waals surface area contributed by atoms with Gasteiger partial charge in [-0.15, -0.1) is 0 Å². The summed E-state index contributed by atoms with van der Waals surface area (Å²) in [6, 6.07) is 9.03. The van der Waals surface area contributed by atoms with Crippen LogP contribution in [0.1, 0.15) is 60.1 Å². The van der Waals surface area contributed by atoms with Gasteiger partial charge in [-0.05, 0) is 63.1 Å². The monoisotopic (exact) mass is 463 g/mol. The zero-order valence-corrected chi connectivity index (χ0v) is 18.6. The molecule has 0 bridgehead atoms. The fraction of sp³-hybridized carbons (Fsp3) is 0.375. The summed E-state index contributed by atoms with van der Waals surface area (Å²) in [5.41, 5.74) is 1.09. The number of carbonyl (C=O) groups is 3. The van der Waals surface area contributed by atoms with Crippen LogP contribution in [0.25, 0.3) is 22.7 Å². The van der Waals surface area contributed by atoms with Crippen LogP contribution in [0.4, 0.5) is 0 Å². The highest BCUT2D eigenvalue weighted by atomic mass is 16.4. The predicted octanol–water partition coefficient (Wildman–Crippen LogP) is 3.00. The molecular weight excluding hydrogens is 438 g/mol. The smallest absolute Gasteiger partial charge is 0.329 e. The number of carboxylic acids is 1. The predicted molar refractivity (Wildman–Crippen MR) is 121 cm³/mol. The van der Waals surface area contributed by atoms with Crippen LogP contribution >= 0.6 is 0 Å². The number of aliphatic carboxylic acids is 1. The Kier molecular flexibility index (Phi) is 5.43. The fourth-order valence-electron chi connectivity index (χ4n) is 4.11. The number of oxazole rings is 1. The summed E-state index contributed by atoms with van der Waals surface area (Å²) in [6.07, 6.45) is 5.10. The first-order valence-electron chi connectivity index (χ1n) is 11.3. The van der Waals surface area contributed by atoms with Gasteiger partial charge in [-0.3, -0.25) is 14.7 Å². The third-order valence-electron chi connectivity index (χ3n) is 6.61. The van der Waals surface area contributed by atoms with Crippen LogP contribution in [0.3, 0.4) is 0 Å². The number of carbonyl (C=O) groups excluding carboxylic acids is 2. The number of hydrogen-bond acceptors (Lipinski definition) is 6. The lowest BCUT2D eigenvalue weighted by atomic mass is 9.76. The Labute approximate surface area is 195 Å². The Morgan fingerprint density at radius 1 is 1.18 bits per heavy atom. The summed E-state index contributed by atoms with van der Waals surface area (Å²) in [4.78, 5) is 40.7. The van der Waals surface area contributed by atoms with Crippen molar-refractivity contribution in [3.63, 3.8) is 0 Å². The molecule has 0 spiro atoms. The van der Waals surface area contributed by atoms with Crippen molar-refractivity contribution in [3.8, 4) is 22.7 Å². The maximum Gasteiger partial charge on any atom is 0.329 e. The van der Waals surface area contributed by atoms with Gasteiger partial charge in [-0.1, -0.05) is 12.1 Å². The summed E-state index contributed by atoms with van der Waals surface area (Å²) in [6.45, 7) is 2.01. The quantitative estimate of drug-likeness (QED) is 0.401. The van der Waals surface area contributed by atoms with E-state index in [4.69, 9.17) is 4.42 Å². The van der Waals surface area contributed by atoms with Crippen molar-refractivity contribution < 1.29 is 23.9 Å². The van der Waals surface area contributed by atoms with Crippen LogP contribution in [0, 0.1) is 5.92 Å². The highest BCUT2D eigenvalue weighted by molar-refractivity contribution is 5.96. The molecule has 2 fully saturated rings. The van der Waals surface area contributed by atoms with Gasteiger partial charge < -0.3 is 20.2 Å². The molecule has 0 saturated heterocycles. The summed E-state index contributed by atoms with van der Waals surface area (Å²) >= 11 is 0. The van der Waals surface area contributed by atoms with Crippen LogP contribution in [-0.2, 0) is 4.79 Å². The van der Waals surface area contributed by atoms with Crippen LogP contribution in [0.5, 0.6) is 0 Å². The lowest BCUT2D eigenvalue weighted by Gasteiger charge is -2.37. The second kappa shape index (κ2) is 8.44. The molecule has 176 valence electrons. The molecule has 1 aromatic carbocycles. The van der Waals surface area contributed by atoms with Crippen molar-refractivity contribution in [2.75, 3.05) is 0 Å². The van der Waals surface area contributed by atoms with Gasteiger partial charge in [-0.25, -0.2) is 9.78 Å². The first kappa shape index (κ1) is 21.9. The third-order valence-corrected chi connectivity index (χ3v) is 6.61. The van der Waals surface area contributed by atoms with Crippen LogP contribution in [0.15, 0.2) is 40.9 Å². The second-order valence-electron chi connectivity index (χ2n) is 9.07. The molecule has 5 rings (SSSR count). The minimum atomic E-state index is -1.23. The minimum absolute atomic E-state index is 0.0589. The number of rotatable bonds is 8. The van der Waals surface area contributed by atoms with E-state index in [1.165, 1.54) is 6.20 Å². The summed E-state index contributed by atoms with van der Waals surface area (Å²) < 4.78 is 5.62. The third kappa shape index (κ3) is 4.18. The van der Waals surface area contributed by atoms with Crippen molar-refractivity contribution >= 4 is 17.8 Å². The SMILES string of the molecule is CC(NC(=O)c1cc(-c2cccc(-c3ncc(C(=O)NC4(C(=O)O)CCC4)o3)c2)n[nH]1)C1CC1. The van der Waals surface area contributed by atoms with Gasteiger partial charge in [0.25, 0.3) is 11.8 Å². The molecule has 1 unspecified atom stereocenters. The maximum atomic E-state index is 12.5. The van der Waals surface area contributed by atoms with Gasteiger partial charge in [-0.2, -0.15) is 5.10 Å². The van der Waals surface area contributed by atoms with Gasteiger partial charge in [0.2, 0.25) is 11.7 Å². The van der Waals surface area contributed by atoms with E-state index in [9.17, 15) is 19.5 Å². The lowest BCUT2D eigenvalue weighted by Crippen LogP contribution is -2.59. The average Bonchev–Trinajstić information content (AvgIpc) is 3.32. The van der Waals surface area contributed by atoms with E-state index in [2.05, 4.69) is 25.8 Å². The number of nitrogens with zero attached hydrogens (tertiary/aromatic N) is 2. The molecular formula is C24H25N5O5. The molecule has 2 amide bonds. The summed E-state index contributed by atoms with van der Waals surface area (Å²) in [5, 5.41) is 22.0. The molecule has 10 heteroatoms. The normalized spacial score (nSPS) is 17.4. The van der Waals surface area contributed by atoms with Crippen LogP contribution in [0.2, 0.25) is 0 Å². The molecule has 2 aromatic heterocycles. The second-order valence-corrected chi connectivity index (χ2v) is 9.07. The van der Waals surface area contributed by atoms with Crippen molar-refractivity contribution in [2.45, 2.75) is 50.6 Å². The largest absolute Gasteiger partial charge is 0.480 e. The Hall–Kier alpha value is -3.95. The fourth-order valence-corrected chi connectivity index (χ4v) is 4.11. The number of hydrogen-bond donors (Lipinski definition) is 4. The molecule has 2 aliphatic rings. The Morgan fingerprint density at radius 2 is 1.94 bits per heavy atom. The van der Waals surface area contributed by atoms with E-state index < -0.39 is 17.4 Å². The molecule has 0 radical (unpaired) electrons. The number of benzene rings is 1. The van der Waals surface area contributed by atoms with Gasteiger partial charge in [0.15, 0.2) is 0 Å². The standard InChI is InChI=1S/C24H25N5O5/c1-13(14-6-7-14)26-20(30)18-11-17(28-29-18)15-4-2-5-16(10-15)22-25-12-19(34-22)21(31)27-24(23(32)33)8-3-9-24/h2,4-5,10-14H,3,6-9H2,1H3,(H,26,30)(H,27,31)(H,28,29)(H,32,33). The van der Waals surface area contributed by atoms with Gasteiger partial charge >= 0.3 is 5.97 Å². The van der Waals surface area contributed by atoms with E-state index in [1.807, 2.05) is 13.0 Å². The molecule has 2 saturated carbocycles. The van der Waals surface area contributed by atoms with Gasteiger partial charge in [0, 0.05) is 17.2 Å². The molecule has 2 heterocycles. The average molecular weight is 463 g/mol. The van der Waals surface area contributed by atoms with Gasteiger partial charge in [0.05, 0.1) is 11.9 Å². The minimum Gasteiger partial charge on any atom is -0.480 e. The molecule has 34 heavy (non-hydrogen) atoms. The van der Waals surface area contributed by atoms with E-state index in [-0.39, 0.29) is 23.6 Å². The Morgan fingerprint density at radius 3 is 2.62 bits per heavy atom.